The lowest BCUT2D eigenvalue weighted by Crippen LogP contribution is -2.46. The van der Waals surface area contributed by atoms with Crippen LogP contribution in [0.3, 0.4) is 0 Å². The lowest BCUT2D eigenvalue weighted by molar-refractivity contribution is -0.222. The lowest BCUT2D eigenvalue weighted by atomic mass is 9.92. The topological polar surface area (TPSA) is 86.3 Å². The number of cyclic esters (lactones) is 2. The van der Waals surface area contributed by atoms with Crippen LogP contribution in [0, 0.1) is 5.41 Å². The standard InChI is InChI=1S/C31H42N2O6S/c1-30(2,3)18-22-14-15-23(40-22)19-33(20-11-9-8-10-12-20)27(26-28(34)38-31(4,5)39-29(26)35)32-24-16-13-21(36-6)17-25(24)37-7/h13-17,20,32H,8-12,18-19H2,1-7H3. The zero-order valence-corrected chi connectivity index (χ0v) is 25.5. The molecule has 40 heavy (non-hydrogen) atoms. The number of carbonyl (C=O) groups is 2. The molecular weight excluding hydrogens is 528 g/mol. The molecule has 0 unspecified atom stereocenters. The fraction of sp³-hybridized carbons (Fsp3) is 0.548. The van der Waals surface area contributed by atoms with Crippen LogP contribution >= 0.6 is 11.3 Å². The van der Waals surface area contributed by atoms with E-state index in [-0.39, 0.29) is 17.0 Å². The zero-order valence-electron chi connectivity index (χ0n) is 24.7. The summed E-state index contributed by atoms with van der Waals surface area (Å²) in [4.78, 5) is 31.4. The van der Waals surface area contributed by atoms with E-state index in [2.05, 4.69) is 43.1 Å². The summed E-state index contributed by atoms with van der Waals surface area (Å²) in [6, 6.07) is 9.83. The number of nitrogens with one attached hydrogen (secondary N) is 1. The van der Waals surface area contributed by atoms with Gasteiger partial charge in [-0.1, -0.05) is 40.0 Å². The Balaban J connectivity index is 1.82. The molecule has 1 aromatic carbocycles. The number of hydrogen-bond acceptors (Lipinski definition) is 9. The van der Waals surface area contributed by atoms with Crippen molar-refractivity contribution in [2.75, 3.05) is 19.5 Å². The molecule has 8 nitrogen and oxygen atoms in total. The lowest BCUT2D eigenvalue weighted by Gasteiger charge is -2.39. The van der Waals surface area contributed by atoms with Gasteiger partial charge in [-0.2, -0.15) is 0 Å². The number of anilines is 1. The molecule has 1 aromatic heterocycles. The third-order valence-electron chi connectivity index (χ3n) is 7.03. The quantitative estimate of drug-likeness (QED) is 0.204. The second-order valence-electron chi connectivity index (χ2n) is 12.1. The molecule has 0 bridgehead atoms. The van der Waals surface area contributed by atoms with Gasteiger partial charge < -0.3 is 29.2 Å². The molecule has 2 heterocycles. The van der Waals surface area contributed by atoms with Gasteiger partial charge in [-0.15, -0.1) is 11.3 Å². The maximum Gasteiger partial charge on any atom is 0.352 e. The Morgan fingerprint density at radius 3 is 2.25 bits per heavy atom. The number of hydrogen-bond donors (Lipinski definition) is 1. The van der Waals surface area contributed by atoms with Crippen molar-refractivity contribution < 1.29 is 28.5 Å². The Hall–Kier alpha value is -3.20. The smallest absolute Gasteiger partial charge is 0.352 e. The molecule has 9 heteroatoms. The largest absolute Gasteiger partial charge is 0.497 e. The minimum atomic E-state index is -1.34. The molecule has 1 N–H and O–H groups in total. The van der Waals surface area contributed by atoms with Crippen LogP contribution in [0.25, 0.3) is 0 Å². The van der Waals surface area contributed by atoms with Gasteiger partial charge in [0.15, 0.2) is 5.57 Å². The first-order valence-corrected chi connectivity index (χ1v) is 14.7. The molecule has 0 radical (unpaired) electrons. The summed E-state index contributed by atoms with van der Waals surface area (Å²) in [6.45, 7) is 10.3. The van der Waals surface area contributed by atoms with Gasteiger partial charge in [-0.25, -0.2) is 9.59 Å². The Labute approximate surface area is 241 Å². The highest BCUT2D eigenvalue weighted by atomic mass is 32.1. The minimum absolute atomic E-state index is 0.122. The van der Waals surface area contributed by atoms with Gasteiger partial charge in [0.25, 0.3) is 5.79 Å². The summed E-state index contributed by atoms with van der Waals surface area (Å²) >= 11 is 1.77. The SMILES string of the molecule is COc1ccc(NC(=C2C(=O)OC(C)(C)OC2=O)N(Cc2ccc(CC(C)(C)C)s2)C2CCCCC2)c(OC)c1. The minimum Gasteiger partial charge on any atom is -0.497 e. The van der Waals surface area contributed by atoms with Crippen LogP contribution in [0.4, 0.5) is 5.69 Å². The van der Waals surface area contributed by atoms with Crippen molar-refractivity contribution >= 4 is 29.0 Å². The van der Waals surface area contributed by atoms with Crippen LogP contribution in [0.1, 0.15) is 76.5 Å². The van der Waals surface area contributed by atoms with Crippen LogP contribution in [0.2, 0.25) is 0 Å². The molecule has 4 rings (SSSR count). The summed E-state index contributed by atoms with van der Waals surface area (Å²) in [5.74, 6) is -1.25. The predicted molar refractivity (Wildman–Crippen MR) is 156 cm³/mol. The number of rotatable bonds is 9. The van der Waals surface area contributed by atoms with Crippen LogP contribution in [0.5, 0.6) is 11.5 Å². The molecule has 1 aliphatic heterocycles. The van der Waals surface area contributed by atoms with Gasteiger partial charge >= 0.3 is 11.9 Å². The monoisotopic (exact) mass is 570 g/mol. The molecule has 2 fully saturated rings. The molecule has 0 amide bonds. The highest BCUT2D eigenvalue weighted by Crippen LogP contribution is 2.37. The fourth-order valence-corrected chi connectivity index (χ4v) is 6.55. The van der Waals surface area contributed by atoms with Crippen molar-refractivity contribution in [1.82, 2.24) is 4.90 Å². The van der Waals surface area contributed by atoms with Crippen LogP contribution in [0.15, 0.2) is 41.7 Å². The average molecular weight is 571 g/mol. The van der Waals surface area contributed by atoms with E-state index in [1.54, 1.807) is 51.5 Å². The number of thiophene rings is 1. The van der Waals surface area contributed by atoms with Gasteiger partial charge in [-0.3, -0.25) is 0 Å². The molecular formula is C31H42N2O6S. The average Bonchev–Trinajstić information content (AvgIpc) is 3.31. The number of benzene rings is 1. The first-order chi connectivity index (χ1) is 18.9. The van der Waals surface area contributed by atoms with Crippen LogP contribution in [-0.2, 0) is 32.0 Å². The molecule has 0 atom stereocenters. The number of nitrogens with zero attached hydrogens (tertiary/aromatic N) is 1. The van der Waals surface area contributed by atoms with Crippen LogP contribution < -0.4 is 14.8 Å². The predicted octanol–water partition coefficient (Wildman–Crippen LogP) is 6.65. The van der Waals surface area contributed by atoms with E-state index in [4.69, 9.17) is 18.9 Å². The first kappa shape index (κ1) is 29.8. The Kier molecular flexibility index (Phi) is 9.02. The van der Waals surface area contributed by atoms with Gasteiger partial charge in [0.05, 0.1) is 26.5 Å². The first-order valence-electron chi connectivity index (χ1n) is 13.9. The summed E-state index contributed by atoms with van der Waals surface area (Å²) in [5.41, 5.74) is 0.624. The Bertz CT molecular complexity index is 1230. The van der Waals surface area contributed by atoms with Gasteiger partial charge in [0, 0.05) is 35.7 Å². The van der Waals surface area contributed by atoms with Gasteiger partial charge in [0.1, 0.15) is 17.3 Å². The maximum absolute atomic E-state index is 13.4. The second-order valence-corrected chi connectivity index (χ2v) is 13.4. The molecule has 2 aromatic rings. The van der Waals surface area contributed by atoms with Crippen LogP contribution in [-0.4, -0.2) is 42.9 Å². The summed E-state index contributed by atoms with van der Waals surface area (Å²) in [6.07, 6.45) is 6.21. The summed E-state index contributed by atoms with van der Waals surface area (Å²) in [7, 11) is 3.16. The van der Waals surface area contributed by atoms with E-state index in [9.17, 15) is 9.59 Å². The molecule has 218 valence electrons. The summed E-state index contributed by atoms with van der Waals surface area (Å²) in [5, 5.41) is 3.40. The molecule has 1 saturated heterocycles. The molecule has 2 aliphatic rings. The summed E-state index contributed by atoms with van der Waals surface area (Å²) < 4.78 is 22.1. The highest BCUT2D eigenvalue weighted by molar-refractivity contribution is 7.12. The van der Waals surface area contributed by atoms with Crippen molar-refractivity contribution in [2.45, 2.75) is 91.5 Å². The van der Waals surface area contributed by atoms with E-state index < -0.39 is 17.7 Å². The Morgan fingerprint density at radius 1 is 1.00 bits per heavy atom. The van der Waals surface area contributed by atoms with E-state index >= 15 is 0 Å². The Morgan fingerprint density at radius 2 is 1.65 bits per heavy atom. The molecule has 1 aliphatic carbocycles. The van der Waals surface area contributed by atoms with Crippen molar-refractivity contribution in [3.05, 3.63) is 51.5 Å². The number of esters is 2. The van der Waals surface area contributed by atoms with Gasteiger partial charge in [-0.05, 0) is 48.9 Å². The number of methoxy groups -OCH3 is 2. The van der Waals surface area contributed by atoms with Crippen molar-refractivity contribution in [1.29, 1.82) is 0 Å². The highest BCUT2D eigenvalue weighted by Gasteiger charge is 2.43. The van der Waals surface area contributed by atoms with Gasteiger partial charge in [0.2, 0.25) is 0 Å². The molecule has 1 saturated carbocycles. The third-order valence-corrected chi connectivity index (χ3v) is 8.10. The fourth-order valence-electron chi connectivity index (χ4n) is 5.23. The van der Waals surface area contributed by atoms with E-state index in [1.165, 1.54) is 11.3 Å². The normalized spacial score (nSPS) is 17.6. The van der Waals surface area contributed by atoms with Crippen molar-refractivity contribution in [3.63, 3.8) is 0 Å². The second kappa shape index (κ2) is 12.1. The number of carbonyl (C=O) groups excluding carboxylic acids is 2. The zero-order chi connectivity index (χ0) is 29.1. The third kappa shape index (κ3) is 7.30. The van der Waals surface area contributed by atoms with E-state index in [0.29, 0.717) is 29.6 Å². The maximum atomic E-state index is 13.4. The van der Waals surface area contributed by atoms with Crippen molar-refractivity contribution in [3.8, 4) is 11.5 Å². The number of ether oxygens (including phenoxy) is 4. The van der Waals surface area contributed by atoms with E-state index in [1.807, 2.05) is 6.07 Å². The molecule has 0 spiro atoms. The van der Waals surface area contributed by atoms with Crippen molar-refractivity contribution in [2.24, 2.45) is 5.41 Å². The van der Waals surface area contributed by atoms with E-state index in [0.717, 1.165) is 37.0 Å².